The lowest BCUT2D eigenvalue weighted by molar-refractivity contribution is 0.306. The largest absolute Gasteiger partial charge is 0.489 e. The van der Waals surface area contributed by atoms with Gasteiger partial charge in [0.25, 0.3) is 0 Å². The van der Waals surface area contributed by atoms with Crippen LogP contribution in [-0.4, -0.2) is 0 Å². The summed E-state index contributed by atoms with van der Waals surface area (Å²) in [4.78, 5) is 0. The summed E-state index contributed by atoms with van der Waals surface area (Å²) in [7, 11) is 0. The molecule has 3 heteroatoms. The first-order chi connectivity index (χ1) is 34.8. The van der Waals surface area contributed by atoms with Crippen molar-refractivity contribution in [3.63, 3.8) is 0 Å². The maximum Gasteiger partial charge on any atom is 0.119 e. The molecule has 0 spiro atoms. The van der Waals surface area contributed by atoms with Crippen LogP contribution in [0.5, 0.6) is 17.2 Å². The predicted molar refractivity (Wildman–Crippen MR) is 310 cm³/mol. The molecular formula is C68H82O3. The number of para-hydroxylation sites is 3. The standard InChI is InChI=1S/3C13H12O.2C10H14.3C3H6/c3*1-3-7-12(8-4-1)11-14-13-9-5-2-6-10-13;2*1-3-9-5-7-10(4-2)8-6-9;3*1-3-2/h3*1-10H,11H2;2*5-8H,3-4H2,1-2H3;3*3H,1H2,2H3. The van der Waals surface area contributed by atoms with E-state index in [1.807, 2.05) is 166 Å². The second-order valence-corrected chi connectivity index (χ2v) is 15.5. The fourth-order valence-corrected chi connectivity index (χ4v) is 5.79. The number of allylic oxidation sites excluding steroid dienone is 3. The lowest BCUT2D eigenvalue weighted by Crippen LogP contribution is -1.94. The minimum atomic E-state index is 0.630. The maximum absolute atomic E-state index is 5.59. The number of hydrogen-bond acceptors (Lipinski definition) is 3. The topological polar surface area (TPSA) is 27.7 Å². The summed E-state index contributed by atoms with van der Waals surface area (Å²) in [6.07, 6.45) is 9.82. The van der Waals surface area contributed by atoms with E-state index in [9.17, 15) is 0 Å². The van der Waals surface area contributed by atoms with Gasteiger partial charge in [-0.1, -0.05) is 240 Å². The van der Waals surface area contributed by atoms with E-state index in [2.05, 4.69) is 132 Å². The van der Waals surface area contributed by atoms with Gasteiger partial charge >= 0.3 is 0 Å². The lowest BCUT2D eigenvalue weighted by Gasteiger charge is -2.05. The van der Waals surface area contributed by atoms with Crippen molar-refractivity contribution in [2.75, 3.05) is 0 Å². The zero-order valence-corrected chi connectivity index (χ0v) is 44.0. The van der Waals surface area contributed by atoms with Gasteiger partial charge in [-0.2, -0.15) is 0 Å². The molecular weight excluding hydrogens is 865 g/mol. The molecule has 3 nitrogen and oxygen atoms in total. The van der Waals surface area contributed by atoms with Gasteiger partial charge in [0.1, 0.15) is 37.1 Å². The van der Waals surface area contributed by atoms with Gasteiger partial charge < -0.3 is 14.2 Å². The van der Waals surface area contributed by atoms with Crippen molar-refractivity contribution < 1.29 is 14.2 Å². The second-order valence-electron chi connectivity index (χ2n) is 15.5. The number of rotatable bonds is 13. The predicted octanol–water partition coefficient (Wildman–Crippen LogP) is 19.0. The molecule has 0 aliphatic rings. The van der Waals surface area contributed by atoms with Crippen molar-refractivity contribution in [3.05, 3.63) is 307 Å². The summed E-state index contributed by atoms with van der Waals surface area (Å²) >= 11 is 0. The first-order valence-electron chi connectivity index (χ1n) is 24.8. The van der Waals surface area contributed by atoms with Crippen molar-refractivity contribution in [1.29, 1.82) is 0 Å². The highest BCUT2D eigenvalue weighted by atomic mass is 16.5. The van der Waals surface area contributed by atoms with E-state index in [1.54, 1.807) is 18.2 Å². The minimum absolute atomic E-state index is 0.630. The molecule has 0 saturated carbocycles. The van der Waals surface area contributed by atoms with Crippen LogP contribution in [-0.2, 0) is 45.5 Å². The molecule has 0 radical (unpaired) electrons. The van der Waals surface area contributed by atoms with Crippen LogP contribution in [0.4, 0.5) is 0 Å². The summed E-state index contributed by atoms with van der Waals surface area (Å²) < 4.78 is 16.8. The molecule has 0 bridgehead atoms. The lowest BCUT2D eigenvalue weighted by atomic mass is 10.1. The maximum atomic E-state index is 5.59. The highest BCUT2D eigenvalue weighted by Gasteiger charge is 1.96. The summed E-state index contributed by atoms with van der Waals surface area (Å²) in [5.74, 6) is 2.74. The summed E-state index contributed by atoms with van der Waals surface area (Å²) in [6.45, 7) is 26.4. The van der Waals surface area contributed by atoms with E-state index in [0.717, 1.165) is 42.9 Å². The van der Waals surface area contributed by atoms with Crippen molar-refractivity contribution >= 4 is 0 Å². The molecule has 0 atom stereocenters. The number of benzene rings is 8. The molecule has 0 fully saturated rings. The Morgan fingerprint density at radius 3 is 0.563 bits per heavy atom. The Bertz CT molecular complexity index is 1970. The van der Waals surface area contributed by atoms with Crippen LogP contribution in [0.3, 0.4) is 0 Å². The summed E-state index contributed by atoms with van der Waals surface area (Å²) in [5.41, 5.74) is 9.29. The van der Waals surface area contributed by atoms with Gasteiger partial charge in [-0.25, -0.2) is 0 Å². The highest BCUT2D eigenvalue weighted by Crippen LogP contribution is 2.14. The van der Waals surface area contributed by atoms with Gasteiger partial charge in [0.05, 0.1) is 0 Å². The monoisotopic (exact) mass is 947 g/mol. The van der Waals surface area contributed by atoms with Crippen molar-refractivity contribution in [1.82, 2.24) is 0 Å². The van der Waals surface area contributed by atoms with Crippen LogP contribution >= 0.6 is 0 Å². The number of hydrogen-bond donors (Lipinski definition) is 0. The highest BCUT2D eigenvalue weighted by molar-refractivity contribution is 5.26. The molecule has 0 unspecified atom stereocenters. The SMILES string of the molecule is C=CC.C=CC.C=CC.CCc1ccc(CC)cc1.CCc1ccc(CC)cc1.c1ccc(COc2ccccc2)cc1.c1ccc(COc2ccccc2)cc1.c1ccc(COc2ccccc2)cc1. The molecule has 0 amide bonds. The van der Waals surface area contributed by atoms with Crippen LogP contribution in [0.15, 0.2) is 268 Å². The summed E-state index contributed by atoms with van der Waals surface area (Å²) in [5, 5.41) is 0. The van der Waals surface area contributed by atoms with E-state index >= 15 is 0 Å². The molecule has 0 saturated heterocycles. The molecule has 0 aromatic heterocycles. The Kier molecular flexibility index (Phi) is 37.7. The third-order valence-electron chi connectivity index (χ3n) is 9.65. The van der Waals surface area contributed by atoms with Gasteiger partial charge in [-0.05, 0) is 122 Å². The smallest absolute Gasteiger partial charge is 0.119 e. The van der Waals surface area contributed by atoms with Gasteiger partial charge in [-0.15, -0.1) is 19.7 Å². The second kappa shape index (κ2) is 43.6. The van der Waals surface area contributed by atoms with E-state index in [0.29, 0.717) is 19.8 Å². The molecule has 71 heavy (non-hydrogen) atoms. The van der Waals surface area contributed by atoms with E-state index in [1.165, 1.54) is 38.9 Å². The van der Waals surface area contributed by atoms with Crippen molar-refractivity contribution in [3.8, 4) is 17.2 Å². The first kappa shape index (κ1) is 61.4. The molecule has 372 valence electrons. The van der Waals surface area contributed by atoms with Gasteiger partial charge in [0, 0.05) is 0 Å². The van der Waals surface area contributed by atoms with E-state index in [-0.39, 0.29) is 0 Å². The van der Waals surface area contributed by atoms with Crippen molar-refractivity contribution in [2.24, 2.45) is 0 Å². The first-order valence-corrected chi connectivity index (χ1v) is 24.8. The van der Waals surface area contributed by atoms with E-state index in [4.69, 9.17) is 14.2 Å². The Morgan fingerprint density at radius 1 is 0.254 bits per heavy atom. The average molecular weight is 947 g/mol. The number of ether oxygens (including phenoxy) is 3. The van der Waals surface area contributed by atoms with Crippen LogP contribution in [0.1, 0.15) is 87.4 Å². The van der Waals surface area contributed by atoms with Crippen LogP contribution in [0.25, 0.3) is 0 Å². The van der Waals surface area contributed by atoms with Crippen LogP contribution < -0.4 is 14.2 Å². The van der Waals surface area contributed by atoms with Crippen molar-refractivity contribution in [2.45, 2.75) is 94.0 Å². The molecule has 0 heterocycles. The number of aryl methyl sites for hydroxylation is 4. The molecule has 8 aromatic rings. The Labute approximate surface area is 430 Å². The van der Waals surface area contributed by atoms with Crippen LogP contribution in [0, 0.1) is 0 Å². The minimum Gasteiger partial charge on any atom is -0.489 e. The molecule has 8 aromatic carbocycles. The zero-order valence-electron chi connectivity index (χ0n) is 44.0. The molecule has 0 N–H and O–H groups in total. The third kappa shape index (κ3) is 32.7. The van der Waals surface area contributed by atoms with E-state index < -0.39 is 0 Å². The van der Waals surface area contributed by atoms with Crippen LogP contribution in [0.2, 0.25) is 0 Å². The Hall–Kier alpha value is -7.62. The van der Waals surface area contributed by atoms with Gasteiger partial charge in [0.15, 0.2) is 0 Å². The quantitative estimate of drug-likeness (QED) is 0.108. The fraction of sp³-hybridized carbons (Fsp3) is 0.206. The zero-order chi connectivity index (χ0) is 51.8. The Morgan fingerprint density at radius 2 is 0.408 bits per heavy atom. The average Bonchev–Trinajstić information content (AvgIpc) is 3.44. The summed E-state index contributed by atoms with van der Waals surface area (Å²) in [6, 6.07) is 77.7. The third-order valence-corrected chi connectivity index (χ3v) is 9.65. The Balaban J connectivity index is 0.000000428. The molecule has 8 rings (SSSR count). The van der Waals surface area contributed by atoms with Gasteiger partial charge in [-0.3, -0.25) is 0 Å². The fourth-order valence-electron chi connectivity index (χ4n) is 5.79. The molecule has 0 aliphatic heterocycles. The molecule has 0 aliphatic carbocycles. The normalized spacial score (nSPS) is 9.06. The van der Waals surface area contributed by atoms with Gasteiger partial charge in [0.2, 0.25) is 0 Å².